The number of fused-ring (bicyclic) bond motifs is 3. The first kappa shape index (κ1) is 20.1. The van der Waals surface area contributed by atoms with Crippen LogP contribution in [0.2, 0.25) is 0 Å². The number of carbonyl (C=O) groups excluding carboxylic acids is 1. The maximum absolute atomic E-state index is 14.1. The number of nitrogens with one attached hydrogen (secondary N) is 1. The second-order valence-electron chi connectivity index (χ2n) is 8.27. The van der Waals surface area contributed by atoms with E-state index in [0.29, 0.717) is 17.8 Å². The van der Waals surface area contributed by atoms with Crippen LogP contribution in [0.3, 0.4) is 0 Å². The maximum atomic E-state index is 14.1. The zero-order chi connectivity index (χ0) is 22.2. The molecule has 5 heteroatoms. The number of rotatable bonds is 2. The van der Waals surface area contributed by atoms with Gasteiger partial charge in [-0.1, -0.05) is 54.1 Å². The van der Waals surface area contributed by atoms with Gasteiger partial charge < -0.3 is 14.8 Å². The Balaban J connectivity index is 1.63. The molecular formula is C27H24FN3O. The fourth-order valence-electron chi connectivity index (χ4n) is 4.40. The zero-order valence-corrected chi connectivity index (χ0v) is 18.0. The Morgan fingerprint density at radius 2 is 1.81 bits per heavy atom. The summed E-state index contributed by atoms with van der Waals surface area (Å²) in [5.74, 6) is -0.340. The standard InChI is InChI=1S/C27H24FN3O/c1-18-7-5-9-20(15-18)26-25-11-6-14-30(25)24-10-4-3-8-21(24)17-31(26)27(32)29-22-13-12-19(2)23(28)16-22/h3-16,26H,17H2,1-2H3,(H,29,32). The van der Waals surface area contributed by atoms with Crippen molar-refractivity contribution in [2.24, 2.45) is 0 Å². The van der Waals surface area contributed by atoms with Crippen LogP contribution < -0.4 is 5.32 Å². The highest BCUT2D eigenvalue weighted by Crippen LogP contribution is 2.37. The van der Waals surface area contributed by atoms with Gasteiger partial charge in [-0.3, -0.25) is 0 Å². The Morgan fingerprint density at radius 1 is 0.969 bits per heavy atom. The third-order valence-corrected chi connectivity index (χ3v) is 6.01. The van der Waals surface area contributed by atoms with Crippen LogP contribution in [-0.4, -0.2) is 15.5 Å². The number of benzene rings is 3. The van der Waals surface area contributed by atoms with E-state index in [1.807, 2.05) is 54.4 Å². The molecule has 4 nitrogen and oxygen atoms in total. The van der Waals surface area contributed by atoms with Crippen molar-refractivity contribution >= 4 is 11.7 Å². The third-order valence-electron chi connectivity index (χ3n) is 6.01. The predicted molar refractivity (Wildman–Crippen MR) is 124 cm³/mol. The Kier molecular flexibility index (Phi) is 5.02. The first-order valence-electron chi connectivity index (χ1n) is 10.7. The summed E-state index contributed by atoms with van der Waals surface area (Å²) >= 11 is 0. The monoisotopic (exact) mass is 425 g/mol. The molecule has 1 aliphatic heterocycles. The molecule has 1 aromatic heterocycles. The largest absolute Gasteiger partial charge is 0.322 e. The highest BCUT2D eigenvalue weighted by atomic mass is 19.1. The van der Waals surface area contributed by atoms with Gasteiger partial charge in [-0.25, -0.2) is 9.18 Å². The van der Waals surface area contributed by atoms with Gasteiger partial charge in [-0.15, -0.1) is 0 Å². The van der Waals surface area contributed by atoms with Crippen molar-refractivity contribution in [2.75, 3.05) is 5.32 Å². The topological polar surface area (TPSA) is 37.3 Å². The molecule has 1 atom stereocenters. The van der Waals surface area contributed by atoms with Crippen LogP contribution in [0.1, 0.15) is 34.0 Å². The van der Waals surface area contributed by atoms with E-state index < -0.39 is 0 Å². The predicted octanol–water partition coefficient (Wildman–Crippen LogP) is 6.37. The second-order valence-corrected chi connectivity index (χ2v) is 8.27. The lowest BCUT2D eigenvalue weighted by molar-refractivity contribution is 0.194. The first-order chi connectivity index (χ1) is 15.5. The Labute approximate surface area is 186 Å². The summed E-state index contributed by atoms with van der Waals surface area (Å²) in [5.41, 5.74) is 6.25. The van der Waals surface area contributed by atoms with Crippen molar-refractivity contribution in [1.82, 2.24) is 9.47 Å². The van der Waals surface area contributed by atoms with Gasteiger partial charge in [0.05, 0.1) is 18.3 Å². The number of nitrogens with zero attached hydrogens (tertiary/aromatic N) is 2. The van der Waals surface area contributed by atoms with Gasteiger partial charge in [0.25, 0.3) is 0 Å². The Hall–Kier alpha value is -3.86. The fraction of sp³-hybridized carbons (Fsp3) is 0.148. The van der Waals surface area contributed by atoms with E-state index in [9.17, 15) is 9.18 Å². The van der Waals surface area contributed by atoms with Gasteiger partial charge in [-0.05, 0) is 60.9 Å². The average molecular weight is 426 g/mol. The van der Waals surface area contributed by atoms with Crippen LogP contribution in [0.15, 0.2) is 85.1 Å². The van der Waals surface area contributed by atoms with Crippen molar-refractivity contribution < 1.29 is 9.18 Å². The molecule has 2 amide bonds. The lowest BCUT2D eigenvalue weighted by Crippen LogP contribution is -2.38. The minimum atomic E-state index is -0.340. The molecule has 0 bridgehead atoms. The molecule has 1 unspecified atom stereocenters. The molecule has 0 saturated heterocycles. The van der Waals surface area contributed by atoms with Crippen molar-refractivity contribution in [2.45, 2.75) is 26.4 Å². The van der Waals surface area contributed by atoms with Crippen LogP contribution in [-0.2, 0) is 6.54 Å². The smallest absolute Gasteiger partial charge is 0.318 e. The molecule has 0 aliphatic carbocycles. The number of anilines is 1. The van der Waals surface area contributed by atoms with E-state index in [1.165, 1.54) is 6.07 Å². The summed E-state index contributed by atoms with van der Waals surface area (Å²) in [6.45, 7) is 4.18. The number of hydrogen-bond acceptors (Lipinski definition) is 1. The molecule has 2 heterocycles. The van der Waals surface area contributed by atoms with E-state index in [0.717, 1.165) is 28.1 Å². The molecule has 1 aliphatic rings. The molecule has 0 spiro atoms. The third kappa shape index (κ3) is 3.56. The van der Waals surface area contributed by atoms with Gasteiger partial charge in [0.1, 0.15) is 5.82 Å². The number of carbonyl (C=O) groups is 1. The van der Waals surface area contributed by atoms with Crippen LogP contribution in [0.5, 0.6) is 0 Å². The van der Waals surface area contributed by atoms with Gasteiger partial charge in [0, 0.05) is 17.6 Å². The number of aryl methyl sites for hydroxylation is 2. The maximum Gasteiger partial charge on any atom is 0.322 e. The lowest BCUT2D eigenvalue weighted by Gasteiger charge is -2.31. The summed E-state index contributed by atoms with van der Waals surface area (Å²) < 4.78 is 16.3. The zero-order valence-electron chi connectivity index (χ0n) is 18.0. The number of aromatic nitrogens is 1. The molecule has 3 aromatic carbocycles. The molecule has 0 radical (unpaired) electrons. The van der Waals surface area contributed by atoms with E-state index in [4.69, 9.17) is 0 Å². The molecule has 0 fully saturated rings. The normalized spacial score (nSPS) is 15.0. The number of hydrogen-bond donors (Lipinski definition) is 1. The van der Waals surface area contributed by atoms with Crippen LogP contribution in [0, 0.1) is 19.7 Å². The molecule has 0 saturated carbocycles. The van der Waals surface area contributed by atoms with Crippen molar-refractivity contribution in [1.29, 1.82) is 0 Å². The summed E-state index contributed by atoms with van der Waals surface area (Å²) in [6, 6.07) is 24.6. The quantitative estimate of drug-likeness (QED) is 0.398. The van der Waals surface area contributed by atoms with Crippen LogP contribution in [0.4, 0.5) is 14.9 Å². The number of halogens is 1. The van der Waals surface area contributed by atoms with Crippen molar-refractivity contribution in [3.05, 3.63) is 119 Å². The second kappa shape index (κ2) is 8.00. The Morgan fingerprint density at radius 3 is 2.62 bits per heavy atom. The Bertz CT molecular complexity index is 1310. The minimum absolute atomic E-state index is 0.274. The molecule has 32 heavy (non-hydrogen) atoms. The number of urea groups is 1. The fourth-order valence-corrected chi connectivity index (χ4v) is 4.40. The highest BCUT2D eigenvalue weighted by molar-refractivity contribution is 5.90. The summed E-state index contributed by atoms with van der Waals surface area (Å²) in [6.07, 6.45) is 2.04. The summed E-state index contributed by atoms with van der Waals surface area (Å²) in [4.78, 5) is 15.4. The van der Waals surface area contributed by atoms with Gasteiger partial charge in [-0.2, -0.15) is 0 Å². The van der Waals surface area contributed by atoms with Gasteiger partial charge in [0.2, 0.25) is 0 Å². The number of amides is 2. The molecule has 4 aromatic rings. The highest BCUT2D eigenvalue weighted by Gasteiger charge is 2.33. The van der Waals surface area contributed by atoms with E-state index in [1.54, 1.807) is 19.1 Å². The van der Waals surface area contributed by atoms with Crippen LogP contribution >= 0.6 is 0 Å². The summed E-state index contributed by atoms with van der Waals surface area (Å²) in [7, 11) is 0. The van der Waals surface area contributed by atoms with Crippen LogP contribution in [0.25, 0.3) is 5.69 Å². The molecule has 5 rings (SSSR count). The minimum Gasteiger partial charge on any atom is -0.318 e. The molecular weight excluding hydrogens is 401 g/mol. The summed E-state index contributed by atoms with van der Waals surface area (Å²) in [5, 5.41) is 2.91. The molecule has 160 valence electrons. The number of para-hydroxylation sites is 1. The lowest BCUT2D eigenvalue weighted by atomic mass is 10.00. The first-order valence-corrected chi connectivity index (χ1v) is 10.7. The van der Waals surface area contributed by atoms with E-state index in [-0.39, 0.29) is 17.9 Å². The van der Waals surface area contributed by atoms with E-state index in [2.05, 4.69) is 34.1 Å². The van der Waals surface area contributed by atoms with E-state index >= 15 is 0 Å². The van der Waals surface area contributed by atoms with Gasteiger partial charge >= 0.3 is 6.03 Å². The van der Waals surface area contributed by atoms with Crippen molar-refractivity contribution in [3.8, 4) is 5.69 Å². The van der Waals surface area contributed by atoms with Crippen molar-refractivity contribution in [3.63, 3.8) is 0 Å². The molecule has 1 N–H and O–H groups in total. The van der Waals surface area contributed by atoms with Gasteiger partial charge in [0.15, 0.2) is 0 Å². The SMILES string of the molecule is Cc1cccc(C2c3cccn3-c3ccccc3CN2C(=O)Nc2ccc(C)c(F)c2)c1. The average Bonchev–Trinajstić information content (AvgIpc) is 3.20.